The molecule has 0 radical (unpaired) electrons. The molecule has 2 rings (SSSR count). The van der Waals surface area contributed by atoms with E-state index >= 15 is 0 Å². The van der Waals surface area contributed by atoms with Crippen LogP contribution in [0.4, 0.5) is 0 Å². The third-order valence-electron chi connectivity index (χ3n) is 2.36. The first-order valence-corrected chi connectivity index (χ1v) is 5.01. The molecule has 0 bridgehead atoms. The number of fused-ring (bicyclic) bond motifs is 1. The van der Waals surface area contributed by atoms with Crippen LogP contribution in [0.3, 0.4) is 0 Å². The Labute approximate surface area is 96.8 Å². The fourth-order valence-corrected chi connectivity index (χ4v) is 1.54. The zero-order chi connectivity index (χ0) is 12.4. The van der Waals surface area contributed by atoms with Gasteiger partial charge >= 0.3 is 5.97 Å². The molecule has 1 N–H and O–H groups in total. The highest BCUT2D eigenvalue weighted by molar-refractivity contribution is 5.86. The van der Waals surface area contributed by atoms with Gasteiger partial charge < -0.3 is 9.52 Å². The van der Waals surface area contributed by atoms with E-state index in [1.807, 2.05) is 13.0 Å². The summed E-state index contributed by atoms with van der Waals surface area (Å²) in [4.78, 5) is 22.4. The standard InChI is InChI=1S/C13H10O4/c1-8-2-4-11-10(6-8)13(16)9(7-17-11)3-5-12(14)15/h2-7H,1H3,(H,14,15). The normalized spacial score (nSPS) is 11.1. The van der Waals surface area contributed by atoms with E-state index in [1.54, 1.807) is 12.1 Å². The van der Waals surface area contributed by atoms with Crippen molar-refractivity contribution in [3.8, 4) is 0 Å². The van der Waals surface area contributed by atoms with Crippen LogP contribution in [0.25, 0.3) is 17.0 Å². The number of carboxylic acids is 1. The van der Waals surface area contributed by atoms with Gasteiger partial charge in [-0.25, -0.2) is 4.79 Å². The Hall–Kier alpha value is -2.36. The lowest BCUT2D eigenvalue weighted by atomic mass is 10.1. The summed E-state index contributed by atoms with van der Waals surface area (Å²) in [5, 5.41) is 8.96. The summed E-state index contributed by atoms with van der Waals surface area (Å²) in [7, 11) is 0. The number of hydrogen-bond acceptors (Lipinski definition) is 3. The molecule has 0 unspecified atom stereocenters. The highest BCUT2D eigenvalue weighted by Crippen LogP contribution is 2.13. The van der Waals surface area contributed by atoms with E-state index in [4.69, 9.17) is 9.52 Å². The second-order valence-electron chi connectivity index (χ2n) is 3.69. The van der Waals surface area contributed by atoms with E-state index in [9.17, 15) is 9.59 Å². The zero-order valence-corrected chi connectivity index (χ0v) is 9.14. The number of aryl methyl sites for hydroxylation is 1. The molecule has 4 nitrogen and oxygen atoms in total. The number of carbonyl (C=O) groups is 1. The Balaban J connectivity index is 2.65. The molecule has 0 saturated carbocycles. The Kier molecular flexibility index (Phi) is 2.78. The van der Waals surface area contributed by atoms with E-state index in [1.165, 1.54) is 12.3 Å². The quantitative estimate of drug-likeness (QED) is 0.803. The summed E-state index contributed by atoms with van der Waals surface area (Å²) in [5.74, 6) is -1.10. The number of benzene rings is 1. The van der Waals surface area contributed by atoms with Crippen LogP contribution >= 0.6 is 0 Å². The lowest BCUT2D eigenvalue weighted by Crippen LogP contribution is -2.05. The van der Waals surface area contributed by atoms with Gasteiger partial charge in [-0.1, -0.05) is 11.6 Å². The van der Waals surface area contributed by atoms with Crippen LogP contribution in [0, 0.1) is 6.92 Å². The average molecular weight is 230 g/mol. The van der Waals surface area contributed by atoms with Gasteiger partial charge in [0.15, 0.2) is 5.43 Å². The molecule has 0 fully saturated rings. The van der Waals surface area contributed by atoms with Crippen molar-refractivity contribution >= 4 is 23.0 Å². The molecule has 1 aromatic carbocycles. The van der Waals surface area contributed by atoms with Crippen LogP contribution in [0.15, 0.2) is 39.7 Å². The van der Waals surface area contributed by atoms with Crippen molar-refractivity contribution in [1.82, 2.24) is 0 Å². The smallest absolute Gasteiger partial charge is 0.328 e. The Morgan fingerprint density at radius 1 is 1.41 bits per heavy atom. The molecule has 0 amide bonds. The first-order valence-electron chi connectivity index (χ1n) is 5.01. The summed E-state index contributed by atoms with van der Waals surface area (Å²) < 4.78 is 5.27. The van der Waals surface area contributed by atoms with Gasteiger partial charge in [0.1, 0.15) is 11.8 Å². The SMILES string of the molecule is Cc1ccc2occ(C=CC(=O)O)c(=O)c2c1. The first kappa shape index (κ1) is 11.1. The third kappa shape index (κ3) is 2.25. The highest BCUT2D eigenvalue weighted by Gasteiger charge is 2.05. The van der Waals surface area contributed by atoms with Crippen molar-refractivity contribution in [2.75, 3.05) is 0 Å². The maximum atomic E-state index is 12.0. The Morgan fingerprint density at radius 2 is 2.18 bits per heavy atom. The second kappa shape index (κ2) is 4.25. The van der Waals surface area contributed by atoms with Gasteiger partial charge in [-0.05, 0) is 25.1 Å². The van der Waals surface area contributed by atoms with Crippen molar-refractivity contribution in [2.45, 2.75) is 6.92 Å². The van der Waals surface area contributed by atoms with Crippen LogP contribution in [0.2, 0.25) is 0 Å². The van der Waals surface area contributed by atoms with Crippen LogP contribution in [-0.2, 0) is 4.79 Å². The van der Waals surface area contributed by atoms with Crippen LogP contribution in [0.5, 0.6) is 0 Å². The molecule has 0 atom stereocenters. The van der Waals surface area contributed by atoms with Gasteiger partial charge in [0.25, 0.3) is 0 Å². The highest BCUT2D eigenvalue weighted by atomic mass is 16.4. The molecule has 0 aliphatic carbocycles. The summed E-state index contributed by atoms with van der Waals surface area (Å²) in [6.07, 6.45) is 3.41. The van der Waals surface area contributed by atoms with Gasteiger partial charge in [-0.2, -0.15) is 0 Å². The monoisotopic (exact) mass is 230 g/mol. The summed E-state index contributed by atoms with van der Waals surface area (Å²) in [5.41, 5.74) is 1.44. The number of aliphatic carboxylic acids is 1. The molecule has 0 saturated heterocycles. The lowest BCUT2D eigenvalue weighted by Gasteiger charge is -1.99. The molecule has 2 aromatic rings. The molecule has 1 aromatic heterocycles. The molecular formula is C13H10O4. The second-order valence-corrected chi connectivity index (χ2v) is 3.69. The average Bonchev–Trinajstić information content (AvgIpc) is 2.29. The number of rotatable bonds is 2. The Bertz CT molecular complexity index is 665. The molecule has 0 aliphatic rings. The molecule has 4 heteroatoms. The summed E-state index contributed by atoms with van der Waals surface area (Å²) in [6, 6.07) is 5.29. The maximum Gasteiger partial charge on any atom is 0.328 e. The number of hydrogen-bond donors (Lipinski definition) is 1. The third-order valence-corrected chi connectivity index (χ3v) is 2.36. The predicted octanol–water partition coefficient (Wildman–Crippen LogP) is 2.20. The van der Waals surface area contributed by atoms with Crippen molar-refractivity contribution in [1.29, 1.82) is 0 Å². The first-order chi connectivity index (χ1) is 8.08. The zero-order valence-electron chi connectivity index (χ0n) is 9.14. The van der Waals surface area contributed by atoms with Crippen molar-refractivity contribution in [3.63, 3.8) is 0 Å². The molecule has 1 heterocycles. The van der Waals surface area contributed by atoms with Gasteiger partial charge in [0.2, 0.25) is 0 Å². The minimum atomic E-state index is -1.10. The van der Waals surface area contributed by atoms with Crippen LogP contribution < -0.4 is 5.43 Å². The van der Waals surface area contributed by atoms with Crippen LogP contribution in [0.1, 0.15) is 11.1 Å². The topological polar surface area (TPSA) is 67.5 Å². The maximum absolute atomic E-state index is 12.0. The fourth-order valence-electron chi connectivity index (χ4n) is 1.54. The van der Waals surface area contributed by atoms with E-state index < -0.39 is 5.97 Å². The van der Waals surface area contributed by atoms with Crippen molar-refractivity contribution in [3.05, 3.63) is 51.9 Å². The molecular weight excluding hydrogens is 220 g/mol. The molecule has 0 spiro atoms. The fraction of sp³-hybridized carbons (Fsp3) is 0.0769. The van der Waals surface area contributed by atoms with Crippen LogP contribution in [-0.4, -0.2) is 11.1 Å². The van der Waals surface area contributed by atoms with Gasteiger partial charge in [-0.3, -0.25) is 4.79 Å². The minimum absolute atomic E-state index is 0.227. The molecule has 0 aliphatic heterocycles. The minimum Gasteiger partial charge on any atom is -0.478 e. The van der Waals surface area contributed by atoms with Crippen molar-refractivity contribution in [2.24, 2.45) is 0 Å². The lowest BCUT2D eigenvalue weighted by molar-refractivity contribution is -0.131. The van der Waals surface area contributed by atoms with Gasteiger partial charge in [-0.15, -0.1) is 0 Å². The van der Waals surface area contributed by atoms with Gasteiger partial charge in [0, 0.05) is 6.08 Å². The largest absolute Gasteiger partial charge is 0.478 e. The predicted molar refractivity (Wildman–Crippen MR) is 63.9 cm³/mol. The van der Waals surface area contributed by atoms with E-state index in [2.05, 4.69) is 0 Å². The van der Waals surface area contributed by atoms with Gasteiger partial charge in [0.05, 0.1) is 10.9 Å². The molecule has 17 heavy (non-hydrogen) atoms. The summed E-state index contributed by atoms with van der Waals surface area (Å²) >= 11 is 0. The Morgan fingerprint density at radius 3 is 2.88 bits per heavy atom. The van der Waals surface area contributed by atoms with Crippen molar-refractivity contribution < 1.29 is 14.3 Å². The molecule has 86 valence electrons. The summed E-state index contributed by atoms with van der Waals surface area (Å²) in [6.45, 7) is 1.87. The van der Waals surface area contributed by atoms with E-state index in [0.717, 1.165) is 11.6 Å². The van der Waals surface area contributed by atoms with E-state index in [0.29, 0.717) is 11.0 Å². The van der Waals surface area contributed by atoms with E-state index in [-0.39, 0.29) is 11.0 Å². The number of carboxylic acid groups (broad SMARTS) is 1.